The lowest BCUT2D eigenvalue weighted by Crippen LogP contribution is -2.43. The average molecular weight is 421 g/mol. The van der Waals surface area contributed by atoms with Crippen molar-refractivity contribution in [2.45, 2.75) is 59.9 Å². The first-order valence-electron chi connectivity index (χ1n) is 8.03. The van der Waals surface area contributed by atoms with E-state index in [2.05, 4.69) is 55.3 Å². The fourth-order valence-electron chi connectivity index (χ4n) is 2.37. The highest BCUT2D eigenvalue weighted by Gasteiger charge is 2.13. The van der Waals surface area contributed by atoms with Gasteiger partial charge < -0.3 is 10.6 Å². The number of guanidine groups is 1. The Labute approximate surface area is 152 Å². The summed E-state index contributed by atoms with van der Waals surface area (Å²) >= 11 is 0. The molecular weight excluding hydrogens is 389 g/mol. The minimum absolute atomic E-state index is 0. The van der Waals surface area contributed by atoms with Gasteiger partial charge in [-0.2, -0.15) is 5.10 Å². The summed E-state index contributed by atoms with van der Waals surface area (Å²) in [6.45, 7) is 12.4. The molecule has 0 saturated carbocycles. The molecule has 0 bridgehead atoms. The van der Waals surface area contributed by atoms with Gasteiger partial charge in [0.05, 0.1) is 5.69 Å². The van der Waals surface area contributed by atoms with Crippen LogP contribution in [0.5, 0.6) is 0 Å². The third-order valence-electron chi connectivity index (χ3n) is 3.68. The van der Waals surface area contributed by atoms with E-state index < -0.39 is 0 Å². The highest BCUT2D eigenvalue weighted by molar-refractivity contribution is 14.0. The van der Waals surface area contributed by atoms with Crippen LogP contribution in [0.4, 0.5) is 0 Å². The second kappa shape index (κ2) is 10.9. The van der Waals surface area contributed by atoms with Gasteiger partial charge in [-0.05, 0) is 46.1 Å². The molecule has 0 saturated heterocycles. The molecule has 1 unspecified atom stereocenters. The molecule has 0 radical (unpaired) electrons. The molecule has 1 heterocycles. The average Bonchev–Trinajstić information content (AvgIpc) is 2.66. The maximum atomic E-state index is 4.61. The molecule has 6 heteroatoms. The van der Waals surface area contributed by atoms with Crippen molar-refractivity contribution in [2.24, 2.45) is 12.0 Å². The van der Waals surface area contributed by atoms with Gasteiger partial charge in [-0.15, -0.1) is 24.0 Å². The van der Waals surface area contributed by atoms with E-state index in [1.807, 2.05) is 11.7 Å². The van der Waals surface area contributed by atoms with E-state index in [4.69, 9.17) is 0 Å². The van der Waals surface area contributed by atoms with Crippen molar-refractivity contribution in [2.75, 3.05) is 13.1 Å². The molecule has 2 N–H and O–H groups in total. The number of nitrogens with one attached hydrogen (secondary N) is 2. The van der Waals surface area contributed by atoms with Crippen molar-refractivity contribution < 1.29 is 0 Å². The molecule has 0 aromatic carbocycles. The minimum Gasteiger partial charge on any atom is -0.357 e. The molecule has 22 heavy (non-hydrogen) atoms. The third-order valence-corrected chi connectivity index (χ3v) is 3.68. The number of aromatic nitrogens is 2. The molecular formula is C16H32IN5. The van der Waals surface area contributed by atoms with E-state index in [9.17, 15) is 0 Å². The number of aliphatic imine (C=N–C) groups is 1. The van der Waals surface area contributed by atoms with Gasteiger partial charge in [0.15, 0.2) is 5.96 Å². The van der Waals surface area contributed by atoms with Crippen molar-refractivity contribution in [3.63, 3.8) is 0 Å². The second-order valence-corrected chi connectivity index (χ2v) is 5.64. The summed E-state index contributed by atoms with van der Waals surface area (Å²) in [6.07, 6.45) is 3.27. The topological polar surface area (TPSA) is 54.2 Å². The molecule has 0 aliphatic heterocycles. The number of hydrogen-bond acceptors (Lipinski definition) is 2. The highest BCUT2D eigenvalue weighted by Crippen LogP contribution is 2.14. The third kappa shape index (κ3) is 6.54. The Bertz CT molecular complexity index is 467. The van der Waals surface area contributed by atoms with Crippen molar-refractivity contribution in [1.29, 1.82) is 0 Å². The fourth-order valence-corrected chi connectivity index (χ4v) is 2.37. The van der Waals surface area contributed by atoms with Crippen LogP contribution in [0.3, 0.4) is 0 Å². The predicted octanol–water partition coefficient (Wildman–Crippen LogP) is 2.94. The van der Waals surface area contributed by atoms with Crippen molar-refractivity contribution in [3.05, 3.63) is 17.0 Å². The predicted molar refractivity (Wildman–Crippen MR) is 105 cm³/mol. The summed E-state index contributed by atoms with van der Waals surface area (Å²) in [5.74, 6) is 0.914. The number of halogens is 1. The minimum atomic E-state index is 0. The molecule has 5 nitrogen and oxygen atoms in total. The van der Waals surface area contributed by atoms with E-state index >= 15 is 0 Å². The lowest BCUT2D eigenvalue weighted by atomic mass is 10.1. The maximum Gasteiger partial charge on any atom is 0.191 e. The molecule has 128 valence electrons. The maximum absolute atomic E-state index is 4.61. The van der Waals surface area contributed by atoms with Crippen LogP contribution in [0.25, 0.3) is 0 Å². The summed E-state index contributed by atoms with van der Waals surface area (Å²) in [6, 6.07) is 0.325. The smallest absolute Gasteiger partial charge is 0.191 e. The summed E-state index contributed by atoms with van der Waals surface area (Å²) in [5, 5.41) is 11.3. The number of aryl methyl sites for hydroxylation is 2. The Kier molecular flexibility index (Phi) is 10.5. The second-order valence-electron chi connectivity index (χ2n) is 5.64. The molecule has 0 spiro atoms. The van der Waals surface area contributed by atoms with Crippen molar-refractivity contribution >= 4 is 29.9 Å². The van der Waals surface area contributed by atoms with Gasteiger partial charge in [-0.3, -0.25) is 9.67 Å². The van der Waals surface area contributed by atoms with Crippen LogP contribution in [0.1, 0.15) is 50.6 Å². The van der Waals surface area contributed by atoms with Crippen LogP contribution in [0.15, 0.2) is 4.99 Å². The molecule has 1 rings (SSSR count). The first kappa shape index (κ1) is 21.2. The van der Waals surface area contributed by atoms with Gasteiger partial charge >= 0.3 is 0 Å². The van der Waals surface area contributed by atoms with Gasteiger partial charge in [-0.1, -0.05) is 13.3 Å². The van der Waals surface area contributed by atoms with Crippen LogP contribution >= 0.6 is 24.0 Å². The van der Waals surface area contributed by atoms with Crippen molar-refractivity contribution in [3.8, 4) is 0 Å². The van der Waals surface area contributed by atoms with Crippen LogP contribution in [-0.4, -0.2) is 34.9 Å². The van der Waals surface area contributed by atoms with Gasteiger partial charge in [-0.25, -0.2) is 0 Å². The van der Waals surface area contributed by atoms with Gasteiger partial charge in [0.1, 0.15) is 0 Å². The summed E-state index contributed by atoms with van der Waals surface area (Å²) in [7, 11) is 2.00. The van der Waals surface area contributed by atoms with Crippen LogP contribution in [0, 0.1) is 13.8 Å². The Morgan fingerprint density at radius 2 is 2.00 bits per heavy atom. The number of rotatable bonds is 7. The van der Waals surface area contributed by atoms with Crippen LogP contribution in [-0.2, 0) is 13.5 Å². The Balaban J connectivity index is 0.00000441. The zero-order valence-corrected chi connectivity index (χ0v) is 17.2. The van der Waals surface area contributed by atoms with Crippen molar-refractivity contribution in [1.82, 2.24) is 20.4 Å². The van der Waals surface area contributed by atoms with E-state index in [-0.39, 0.29) is 24.0 Å². The van der Waals surface area contributed by atoms with E-state index in [0.29, 0.717) is 6.04 Å². The molecule has 1 aromatic heterocycles. The highest BCUT2D eigenvalue weighted by atomic mass is 127. The molecule has 1 atom stereocenters. The standard InChI is InChI=1S/C16H31N5.HI/c1-7-9-10-18-16(17-8-2)19-12(3)11-15-13(4)20-21(6)14(15)5;/h12H,7-11H2,1-6H3,(H2,17,18,19);1H. The summed E-state index contributed by atoms with van der Waals surface area (Å²) in [5.41, 5.74) is 3.70. The normalized spacial score (nSPS) is 12.7. The largest absolute Gasteiger partial charge is 0.357 e. The van der Waals surface area contributed by atoms with E-state index in [0.717, 1.165) is 37.6 Å². The monoisotopic (exact) mass is 421 g/mol. The fraction of sp³-hybridized carbons (Fsp3) is 0.750. The number of hydrogen-bond donors (Lipinski definition) is 2. The Morgan fingerprint density at radius 3 is 2.50 bits per heavy atom. The van der Waals surface area contributed by atoms with Crippen LogP contribution in [0.2, 0.25) is 0 Å². The number of unbranched alkanes of at least 4 members (excludes halogenated alkanes) is 1. The molecule has 0 amide bonds. The molecule has 0 aliphatic rings. The van der Waals surface area contributed by atoms with Gasteiger partial charge in [0, 0.05) is 31.9 Å². The van der Waals surface area contributed by atoms with Crippen LogP contribution < -0.4 is 10.6 Å². The van der Waals surface area contributed by atoms with Gasteiger partial charge in [0.2, 0.25) is 0 Å². The first-order chi connectivity index (χ1) is 9.99. The first-order valence-corrected chi connectivity index (χ1v) is 8.03. The van der Waals surface area contributed by atoms with E-state index in [1.165, 1.54) is 17.7 Å². The lowest BCUT2D eigenvalue weighted by Gasteiger charge is -2.18. The number of nitrogens with zero attached hydrogens (tertiary/aromatic N) is 3. The zero-order chi connectivity index (χ0) is 15.8. The zero-order valence-electron chi connectivity index (χ0n) is 14.9. The molecule has 0 aliphatic carbocycles. The van der Waals surface area contributed by atoms with Gasteiger partial charge in [0.25, 0.3) is 0 Å². The Hall–Kier alpha value is -0.790. The SMILES string of the molecule is CCCCN=C(NCC)NC(C)Cc1c(C)nn(C)c1C.I. The summed E-state index contributed by atoms with van der Waals surface area (Å²) in [4.78, 5) is 4.61. The molecule has 1 aromatic rings. The molecule has 0 fully saturated rings. The quantitative estimate of drug-likeness (QED) is 0.308. The van der Waals surface area contributed by atoms with E-state index in [1.54, 1.807) is 0 Å². The lowest BCUT2D eigenvalue weighted by molar-refractivity contribution is 0.634. The summed E-state index contributed by atoms with van der Waals surface area (Å²) < 4.78 is 1.96. The Morgan fingerprint density at radius 1 is 1.32 bits per heavy atom.